The lowest BCUT2D eigenvalue weighted by Gasteiger charge is -2.11. The molecule has 2 aromatic carbocycles. The van der Waals surface area contributed by atoms with Crippen molar-refractivity contribution in [3.8, 4) is 11.3 Å². The summed E-state index contributed by atoms with van der Waals surface area (Å²) in [5.74, 6) is 0. The number of rotatable bonds is 3. The molecule has 0 spiro atoms. The summed E-state index contributed by atoms with van der Waals surface area (Å²) in [6.07, 6.45) is 0. The second kappa shape index (κ2) is 6.85. The van der Waals surface area contributed by atoms with Crippen molar-refractivity contribution in [2.24, 2.45) is 0 Å². The number of H-pyrrole nitrogens is 1. The molecule has 0 aliphatic heterocycles. The highest BCUT2D eigenvalue weighted by molar-refractivity contribution is 7.80. The van der Waals surface area contributed by atoms with E-state index in [0.29, 0.717) is 10.8 Å². The molecule has 1 aromatic heterocycles. The van der Waals surface area contributed by atoms with Gasteiger partial charge in [0.25, 0.3) is 5.56 Å². The topological polar surface area (TPSA) is 69.8 Å². The van der Waals surface area contributed by atoms with E-state index in [4.69, 9.17) is 12.2 Å². The number of nitrogens with zero attached hydrogens (tertiary/aromatic N) is 1. The van der Waals surface area contributed by atoms with Crippen molar-refractivity contribution in [3.05, 3.63) is 77.1 Å². The monoisotopic (exact) mass is 322 g/mol. The molecule has 23 heavy (non-hydrogen) atoms. The maximum absolute atomic E-state index is 11.1. The minimum atomic E-state index is -0.226. The summed E-state index contributed by atoms with van der Waals surface area (Å²) in [4.78, 5) is 11.1. The Morgan fingerprint density at radius 2 is 1.65 bits per heavy atom. The molecule has 0 aliphatic rings. The van der Waals surface area contributed by atoms with Crippen LogP contribution in [0.3, 0.4) is 0 Å². The molecule has 0 unspecified atom stereocenters. The minimum absolute atomic E-state index is 0.226. The van der Waals surface area contributed by atoms with Crippen molar-refractivity contribution in [1.82, 2.24) is 10.2 Å². The number of hydrogen-bond donors (Lipinski definition) is 3. The predicted octanol–water partition coefficient (Wildman–Crippen LogP) is 3.25. The number of nitrogens with one attached hydrogen (secondary N) is 3. The van der Waals surface area contributed by atoms with Crippen LogP contribution in [0.25, 0.3) is 11.3 Å². The average molecular weight is 322 g/mol. The highest BCUT2D eigenvalue weighted by atomic mass is 32.1. The first-order valence-electron chi connectivity index (χ1n) is 7.00. The Labute approximate surface area is 138 Å². The van der Waals surface area contributed by atoms with E-state index >= 15 is 0 Å². The lowest BCUT2D eigenvalue weighted by molar-refractivity contribution is 0.995. The van der Waals surface area contributed by atoms with E-state index in [1.54, 1.807) is 6.07 Å². The number of hydrogen-bond acceptors (Lipinski definition) is 3. The Kier molecular flexibility index (Phi) is 4.44. The highest BCUT2D eigenvalue weighted by Crippen LogP contribution is 2.20. The van der Waals surface area contributed by atoms with Crippen LogP contribution in [0, 0.1) is 0 Å². The Bertz CT molecular complexity index is 857. The third-order valence-electron chi connectivity index (χ3n) is 3.13. The second-order valence-electron chi connectivity index (χ2n) is 4.83. The number of anilines is 2. The SMILES string of the molecule is O=c1ccc(-c2cccc(NC(=S)Nc3ccccc3)c2)n[nH]1. The number of para-hydroxylation sites is 1. The Hall–Kier alpha value is -2.99. The first kappa shape index (κ1) is 14.9. The Morgan fingerprint density at radius 3 is 2.39 bits per heavy atom. The molecule has 3 aromatic rings. The number of aromatic nitrogens is 2. The Morgan fingerprint density at radius 1 is 0.913 bits per heavy atom. The molecule has 3 rings (SSSR count). The van der Waals surface area contributed by atoms with Gasteiger partial charge in [0.1, 0.15) is 0 Å². The van der Waals surface area contributed by atoms with Crippen molar-refractivity contribution in [3.63, 3.8) is 0 Å². The fourth-order valence-electron chi connectivity index (χ4n) is 2.08. The van der Waals surface area contributed by atoms with Crippen LogP contribution in [0.2, 0.25) is 0 Å². The molecular formula is C17H14N4OS. The van der Waals surface area contributed by atoms with Crippen LogP contribution in [0.5, 0.6) is 0 Å². The second-order valence-corrected chi connectivity index (χ2v) is 5.24. The summed E-state index contributed by atoms with van der Waals surface area (Å²) < 4.78 is 0. The van der Waals surface area contributed by atoms with Crippen molar-refractivity contribution < 1.29 is 0 Å². The number of thiocarbonyl (C=S) groups is 1. The molecule has 1 heterocycles. The van der Waals surface area contributed by atoms with Crippen LogP contribution < -0.4 is 16.2 Å². The molecular weight excluding hydrogens is 308 g/mol. The van der Waals surface area contributed by atoms with Gasteiger partial charge in [0, 0.05) is 23.0 Å². The average Bonchev–Trinajstić information content (AvgIpc) is 2.56. The molecule has 0 atom stereocenters. The predicted molar refractivity (Wildman–Crippen MR) is 96.6 cm³/mol. The van der Waals surface area contributed by atoms with E-state index < -0.39 is 0 Å². The molecule has 0 fully saturated rings. The summed E-state index contributed by atoms with van der Waals surface area (Å²) in [6.45, 7) is 0. The Balaban J connectivity index is 1.73. The fourth-order valence-corrected chi connectivity index (χ4v) is 2.31. The molecule has 114 valence electrons. The molecule has 0 aliphatic carbocycles. The molecule has 5 nitrogen and oxygen atoms in total. The van der Waals surface area contributed by atoms with E-state index in [-0.39, 0.29) is 5.56 Å². The quantitative estimate of drug-likeness (QED) is 0.646. The van der Waals surface area contributed by atoms with Crippen LogP contribution in [-0.2, 0) is 0 Å². The van der Waals surface area contributed by atoms with E-state index in [9.17, 15) is 4.79 Å². The van der Waals surface area contributed by atoms with Gasteiger partial charge in [-0.1, -0.05) is 30.3 Å². The third kappa shape index (κ3) is 4.02. The fraction of sp³-hybridized carbons (Fsp3) is 0. The van der Waals surface area contributed by atoms with Crippen molar-refractivity contribution in [2.45, 2.75) is 0 Å². The summed E-state index contributed by atoms with van der Waals surface area (Å²) in [7, 11) is 0. The normalized spacial score (nSPS) is 10.1. The summed E-state index contributed by atoms with van der Waals surface area (Å²) in [5.41, 5.74) is 3.10. The molecule has 0 saturated carbocycles. The zero-order chi connectivity index (χ0) is 16.1. The van der Waals surface area contributed by atoms with Gasteiger partial charge >= 0.3 is 0 Å². The lowest BCUT2D eigenvalue weighted by Crippen LogP contribution is -2.18. The zero-order valence-corrected chi connectivity index (χ0v) is 12.9. The molecule has 0 amide bonds. The van der Waals surface area contributed by atoms with Gasteiger partial charge in [0.15, 0.2) is 5.11 Å². The highest BCUT2D eigenvalue weighted by Gasteiger charge is 2.03. The minimum Gasteiger partial charge on any atom is -0.332 e. The van der Waals surface area contributed by atoms with Crippen molar-refractivity contribution in [2.75, 3.05) is 10.6 Å². The molecule has 0 saturated heterocycles. The molecule has 0 radical (unpaired) electrons. The van der Waals surface area contributed by atoms with E-state index in [2.05, 4.69) is 20.8 Å². The van der Waals surface area contributed by atoms with Gasteiger partial charge in [0.05, 0.1) is 5.69 Å². The van der Waals surface area contributed by atoms with Gasteiger partial charge in [-0.2, -0.15) is 5.10 Å². The standard InChI is InChI=1S/C17H14N4OS/c22-16-10-9-15(20-21-16)12-5-4-8-14(11-12)19-17(23)18-13-6-2-1-3-7-13/h1-11H,(H,21,22)(H2,18,19,23). The van der Waals surface area contributed by atoms with Crippen LogP contribution in [0.4, 0.5) is 11.4 Å². The largest absolute Gasteiger partial charge is 0.332 e. The van der Waals surface area contributed by atoms with Gasteiger partial charge in [0.2, 0.25) is 0 Å². The van der Waals surface area contributed by atoms with Crippen LogP contribution >= 0.6 is 12.2 Å². The lowest BCUT2D eigenvalue weighted by atomic mass is 10.1. The smallest absolute Gasteiger partial charge is 0.264 e. The van der Waals surface area contributed by atoms with Crippen LogP contribution in [0.15, 0.2) is 71.5 Å². The first-order valence-corrected chi connectivity index (χ1v) is 7.41. The van der Waals surface area contributed by atoms with Crippen LogP contribution in [0.1, 0.15) is 0 Å². The maximum Gasteiger partial charge on any atom is 0.264 e. The summed E-state index contributed by atoms with van der Waals surface area (Å²) >= 11 is 5.31. The van der Waals surface area contributed by atoms with Crippen LogP contribution in [-0.4, -0.2) is 15.3 Å². The van der Waals surface area contributed by atoms with E-state index in [0.717, 1.165) is 16.9 Å². The molecule has 3 N–H and O–H groups in total. The van der Waals surface area contributed by atoms with Gasteiger partial charge in [-0.05, 0) is 42.5 Å². The third-order valence-corrected chi connectivity index (χ3v) is 3.33. The molecule has 0 bridgehead atoms. The maximum atomic E-state index is 11.1. The van der Waals surface area contributed by atoms with Crippen molar-refractivity contribution >= 4 is 28.7 Å². The van der Waals surface area contributed by atoms with Gasteiger partial charge in [-0.25, -0.2) is 5.10 Å². The van der Waals surface area contributed by atoms with Crippen molar-refractivity contribution in [1.29, 1.82) is 0 Å². The number of benzene rings is 2. The van der Waals surface area contributed by atoms with E-state index in [1.165, 1.54) is 6.07 Å². The van der Waals surface area contributed by atoms with E-state index in [1.807, 2.05) is 54.6 Å². The summed E-state index contributed by atoms with van der Waals surface area (Å²) in [5, 5.41) is 13.2. The van der Waals surface area contributed by atoms with Gasteiger partial charge in [-0.15, -0.1) is 0 Å². The zero-order valence-electron chi connectivity index (χ0n) is 12.1. The first-order chi connectivity index (χ1) is 11.2. The molecule has 6 heteroatoms. The summed E-state index contributed by atoms with van der Waals surface area (Å²) in [6, 6.07) is 20.5. The number of aromatic amines is 1. The van der Waals surface area contributed by atoms with Gasteiger partial charge < -0.3 is 10.6 Å². The van der Waals surface area contributed by atoms with Gasteiger partial charge in [-0.3, -0.25) is 4.79 Å².